The van der Waals surface area contributed by atoms with E-state index in [0.717, 1.165) is 17.0 Å². The number of fused-ring (bicyclic) bond motifs is 2. The predicted molar refractivity (Wildman–Crippen MR) is 151 cm³/mol. The van der Waals surface area contributed by atoms with Crippen LogP contribution in [0, 0.1) is 11.6 Å². The summed E-state index contributed by atoms with van der Waals surface area (Å²) >= 11 is 0. The van der Waals surface area contributed by atoms with Crippen molar-refractivity contribution < 1.29 is 35.4 Å². The van der Waals surface area contributed by atoms with Gasteiger partial charge in [-0.2, -0.15) is 5.10 Å². The van der Waals surface area contributed by atoms with Crippen molar-refractivity contribution in [1.29, 1.82) is 0 Å². The number of likely N-dealkylation sites (tertiary alicyclic amines) is 1. The lowest BCUT2D eigenvalue weighted by Gasteiger charge is -2.38. The number of nitrogens with zero attached hydrogens (tertiary/aromatic N) is 5. The van der Waals surface area contributed by atoms with Gasteiger partial charge in [0.1, 0.15) is 34.6 Å². The number of aromatic nitrogens is 3. The summed E-state index contributed by atoms with van der Waals surface area (Å²) in [4.78, 5) is 43.4. The van der Waals surface area contributed by atoms with E-state index in [2.05, 4.69) is 10.1 Å². The number of hydrogen-bond acceptors (Lipinski definition) is 7. The summed E-state index contributed by atoms with van der Waals surface area (Å²) in [5.74, 6) is -3.89. The molecule has 4 heterocycles. The summed E-state index contributed by atoms with van der Waals surface area (Å²) in [5, 5.41) is 5.02. The zero-order valence-corrected chi connectivity index (χ0v) is 23.9. The number of esters is 1. The quantitative estimate of drug-likeness (QED) is 0.255. The van der Waals surface area contributed by atoms with Crippen LogP contribution in [0.3, 0.4) is 0 Å². The Hall–Kier alpha value is -4.87. The first kappa shape index (κ1) is 25.8. The summed E-state index contributed by atoms with van der Waals surface area (Å²) in [6, 6.07) is 8.45. The van der Waals surface area contributed by atoms with Gasteiger partial charge in [0.05, 0.1) is 40.1 Å². The normalized spacial score (nSPS) is 16.9. The first-order valence-corrected chi connectivity index (χ1v) is 13.5. The van der Waals surface area contributed by atoms with Crippen LogP contribution >= 0.6 is 0 Å². The first-order valence-electron chi connectivity index (χ1n) is 14.5. The van der Waals surface area contributed by atoms with Gasteiger partial charge in [0.15, 0.2) is 0 Å². The molecule has 1 fully saturated rings. The molecule has 10 nitrogen and oxygen atoms in total. The number of carbonyl (C=O) groups is 3. The number of amides is 2. The maximum atomic E-state index is 15.5. The predicted octanol–water partition coefficient (Wildman–Crippen LogP) is 4.00. The van der Waals surface area contributed by atoms with Crippen molar-refractivity contribution in [2.24, 2.45) is 7.05 Å². The molecule has 2 aliphatic heterocycles. The lowest BCUT2D eigenvalue weighted by Crippen LogP contribution is -2.58. The highest BCUT2D eigenvalue weighted by Crippen LogP contribution is 2.36. The molecule has 222 valence electrons. The van der Waals surface area contributed by atoms with Crippen LogP contribution in [0.4, 0.5) is 8.78 Å². The molecule has 0 unspecified atom stereocenters. The van der Waals surface area contributed by atoms with Crippen molar-refractivity contribution in [3.05, 3.63) is 77.2 Å². The molecule has 43 heavy (non-hydrogen) atoms. The molecule has 4 aromatic rings. The van der Waals surface area contributed by atoms with Gasteiger partial charge in [0, 0.05) is 30.4 Å². The highest BCUT2D eigenvalue weighted by Gasteiger charge is 2.38. The summed E-state index contributed by atoms with van der Waals surface area (Å²) in [7, 11) is 1.69. The number of ether oxygens (including phenoxy) is 2. The molecule has 0 N–H and O–H groups in total. The summed E-state index contributed by atoms with van der Waals surface area (Å²) in [6.07, 6.45) is 2.63. The Morgan fingerprint density at radius 3 is 2.51 bits per heavy atom. The largest absolute Gasteiger partial charge is 0.484 e. The van der Waals surface area contributed by atoms with E-state index in [1.165, 1.54) is 27.9 Å². The fourth-order valence-corrected chi connectivity index (χ4v) is 5.02. The summed E-state index contributed by atoms with van der Waals surface area (Å²) < 4.78 is 60.5. The molecule has 6 rings (SSSR count). The Bertz CT molecular complexity index is 1860. The van der Waals surface area contributed by atoms with E-state index < -0.39 is 59.7 Å². The second-order valence-electron chi connectivity index (χ2n) is 11.4. The minimum atomic E-state index is -2.34. The minimum Gasteiger partial charge on any atom is -0.484 e. The Morgan fingerprint density at radius 1 is 1.12 bits per heavy atom. The van der Waals surface area contributed by atoms with Crippen LogP contribution in [0.15, 0.2) is 48.8 Å². The Balaban J connectivity index is 1.22. The topological polar surface area (TPSA) is 107 Å². The molecule has 2 aromatic heterocycles. The van der Waals surface area contributed by atoms with Crippen LogP contribution < -0.4 is 4.74 Å². The number of hydrogen-bond donors (Lipinski definition) is 0. The van der Waals surface area contributed by atoms with Gasteiger partial charge in [0.2, 0.25) is 0 Å². The van der Waals surface area contributed by atoms with Crippen molar-refractivity contribution in [1.82, 2.24) is 24.6 Å². The lowest BCUT2D eigenvalue weighted by atomic mass is 9.99. The minimum absolute atomic E-state index is 0.0467. The molecule has 0 aliphatic carbocycles. The average molecular weight is 592 g/mol. The number of aryl methyl sites for hydroxylation is 1. The second kappa shape index (κ2) is 10.4. The van der Waals surface area contributed by atoms with E-state index in [1.807, 2.05) is 0 Å². The third-order valence-electron chi connectivity index (χ3n) is 7.05. The highest BCUT2D eigenvalue weighted by atomic mass is 19.1. The standard InChI is InChI=1S/C31H29F2N5O5/c1-31(2,3)43-30(41)29(40)37-12-18(13-37)42-26-8-7-19(21-14-36(4)35-27(21)26)17-10-23(32)22(24(33)11-17)15-38-16-25-20(28(38)39)6-5-9-34-25/h5-11,14,18H,12-13,15-16H2,1-4H3/i16D2. The molecule has 2 aliphatic rings. The van der Waals surface area contributed by atoms with Gasteiger partial charge < -0.3 is 19.3 Å². The fourth-order valence-electron chi connectivity index (χ4n) is 5.02. The van der Waals surface area contributed by atoms with Crippen LogP contribution in [-0.4, -0.2) is 67.1 Å². The van der Waals surface area contributed by atoms with E-state index in [0.29, 0.717) is 22.2 Å². The molecule has 0 spiro atoms. The van der Waals surface area contributed by atoms with Gasteiger partial charge in [-0.05, 0) is 68.3 Å². The van der Waals surface area contributed by atoms with Gasteiger partial charge in [-0.3, -0.25) is 19.3 Å². The summed E-state index contributed by atoms with van der Waals surface area (Å²) in [5.41, 5.74) is -0.201. The van der Waals surface area contributed by atoms with Crippen LogP contribution in [0.25, 0.3) is 22.0 Å². The number of carbonyl (C=O) groups excluding carboxylic acids is 3. The first-order chi connectivity index (χ1) is 21.1. The van der Waals surface area contributed by atoms with Crippen molar-refractivity contribution >= 4 is 28.7 Å². The third kappa shape index (κ3) is 5.40. The van der Waals surface area contributed by atoms with E-state index in [1.54, 1.807) is 46.1 Å². The maximum absolute atomic E-state index is 15.5. The van der Waals surface area contributed by atoms with Crippen LogP contribution in [0.5, 0.6) is 5.75 Å². The molecule has 0 radical (unpaired) electrons. The third-order valence-corrected chi connectivity index (χ3v) is 7.05. The summed E-state index contributed by atoms with van der Waals surface area (Å²) in [6.45, 7) is 2.39. The van der Waals surface area contributed by atoms with Crippen LogP contribution in [0.2, 0.25) is 0 Å². The van der Waals surface area contributed by atoms with Gasteiger partial charge in [-0.15, -0.1) is 0 Å². The molecular weight excluding hydrogens is 560 g/mol. The molecule has 0 bridgehead atoms. The van der Waals surface area contributed by atoms with Gasteiger partial charge >= 0.3 is 11.9 Å². The number of rotatable bonds is 5. The zero-order chi connectivity index (χ0) is 32.4. The molecule has 12 heteroatoms. The monoisotopic (exact) mass is 591 g/mol. The Labute approximate surface area is 248 Å². The van der Waals surface area contributed by atoms with Crippen molar-refractivity contribution in [2.45, 2.75) is 45.5 Å². The lowest BCUT2D eigenvalue weighted by molar-refractivity contribution is -0.171. The van der Waals surface area contributed by atoms with Gasteiger partial charge in [-0.25, -0.2) is 13.6 Å². The number of pyridine rings is 1. The van der Waals surface area contributed by atoms with Gasteiger partial charge in [-0.1, -0.05) is 0 Å². The van der Waals surface area contributed by atoms with Crippen molar-refractivity contribution in [2.75, 3.05) is 13.1 Å². The number of benzene rings is 2. The zero-order valence-electron chi connectivity index (χ0n) is 25.9. The molecular formula is C31H29F2N5O5. The Kier molecular flexibility index (Phi) is 6.27. The molecule has 1 saturated heterocycles. The van der Waals surface area contributed by atoms with Crippen LogP contribution in [0.1, 0.15) is 45.1 Å². The Morgan fingerprint density at radius 2 is 1.84 bits per heavy atom. The van der Waals surface area contributed by atoms with E-state index in [9.17, 15) is 14.4 Å². The average Bonchev–Trinajstić information content (AvgIpc) is 3.41. The van der Waals surface area contributed by atoms with E-state index in [-0.39, 0.29) is 29.9 Å². The molecule has 0 atom stereocenters. The van der Waals surface area contributed by atoms with Crippen molar-refractivity contribution in [3.63, 3.8) is 0 Å². The highest BCUT2D eigenvalue weighted by molar-refractivity contribution is 6.32. The fraction of sp³-hybridized carbons (Fsp3) is 0.323. The molecule has 0 saturated carbocycles. The molecule has 2 amide bonds. The van der Waals surface area contributed by atoms with Crippen LogP contribution in [-0.2, 0) is 34.4 Å². The van der Waals surface area contributed by atoms with Gasteiger partial charge in [0.25, 0.3) is 5.91 Å². The number of halogens is 2. The van der Waals surface area contributed by atoms with E-state index in [4.69, 9.17) is 12.2 Å². The molecule has 2 aromatic carbocycles. The second-order valence-corrected chi connectivity index (χ2v) is 11.4. The smallest absolute Gasteiger partial charge is 0.397 e. The van der Waals surface area contributed by atoms with Crippen molar-refractivity contribution in [3.8, 4) is 16.9 Å². The maximum Gasteiger partial charge on any atom is 0.397 e. The van der Waals surface area contributed by atoms with E-state index >= 15 is 8.78 Å². The SMILES string of the molecule is [2H]C1([2H])c2ncccc2C(=O)N1Cc1c(F)cc(-c2ccc(OC3CN(C(=O)C(=O)OC(C)(C)C)C3)c3nn(C)cc23)cc1F.